The summed E-state index contributed by atoms with van der Waals surface area (Å²) in [5.74, 6) is -1.42. The highest BCUT2D eigenvalue weighted by Crippen LogP contribution is 2.18. The predicted octanol–water partition coefficient (Wildman–Crippen LogP) is 0.458. The van der Waals surface area contributed by atoms with Gasteiger partial charge in [-0.05, 0) is 12.1 Å². The molecule has 1 fully saturated rings. The molecule has 1 atom stereocenters. The van der Waals surface area contributed by atoms with Crippen molar-refractivity contribution in [3.05, 3.63) is 30.3 Å². The number of carbonyl (C=O) groups is 2. The molecule has 1 unspecified atom stereocenters. The van der Waals surface area contributed by atoms with Gasteiger partial charge < -0.3 is 20.5 Å². The Bertz CT molecular complexity index is 455. The zero-order valence-electron chi connectivity index (χ0n) is 10.4. The van der Waals surface area contributed by atoms with Crippen molar-refractivity contribution in [3.8, 4) is 0 Å². The molecule has 0 aliphatic carbocycles. The summed E-state index contributed by atoms with van der Waals surface area (Å²) in [6.45, 7) is 0.386. The molecule has 1 aliphatic rings. The first kappa shape index (κ1) is 13.4. The molecular weight excluding hydrogens is 248 g/mol. The van der Waals surface area contributed by atoms with Crippen molar-refractivity contribution in [2.24, 2.45) is 0 Å². The lowest BCUT2D eigenvalue weighted by Gasteiger charge is -2.23. The van der Waals surface area contributed by atoms with E-state index < -0.39 is 11.5 Å². The molecule has 1 aromatic carbocycles. The van der Waals surface area contributed by atoms with Crippen molar-refractivity contribution in [1.82, 2.24) is 5.32 Å². The number of nitrogens with one attached hydrogen (secondary N) is 2. The predicted molar refractivity (Wildman–Crippen MR) is 68.9 cm³/mol. The number of carbonyl (C=O) groups excluding carboxylic acids is 1. The molecule has 0 spiro atoms. The maximum Gasteiger partial charge on any atom is 0.331 e. The molecule has 3 N–H and O–H groups in total. The van der Waals surface area contributed by atoms with Gasteiger partial charge in [0.15, 0.2) is 5.54 Å². The highest BCUT2D eigenvalue weighted by Gasteiger charge is 2.43. The van der Waals surface area contributed by atoms with Crippen molar-refractivity contribution in [1.29, 1.82) is 0 Å². The summed E-state index contributed by atoms with van der Waals surface area (Å²) < 4.78 is 5.07. The summed E-state index contributed by atoms with van der Waals surface area (Å²) in [5, 5.41) is 14.6. The Balaban J connectivity index is 1.88. The van der Waals surface area contributed by atoms with Crippen molar-refractivity contribution in [2.45, 2.75) is 12.0 Å². The summed E-state index contributed by atoms with van der Waals surface area (Å²) in [4.78, 5) is 23.0. The monoisotopic (exact) mass is 264 g/mol. The fraction of sp³-hybridized carbons (Fsp3) is 0.385. The lowest BCUT2D eigenvalue weighted by Crippen LogP contribution is -2.56. The molecule has 2 rings (SSSR count). The van der Waals surface area contributed by atoms with E-state index in [0.29, 0.717) is 13.0 Å². The molecule has 0 aromatic heterocycles. The Morgan fingerprint density at radius 1 is 1.32 bits per heavy atom. The Morgan fingerprint density at radius 2 is 2.05 bits per heavy atom. The fourth-order valence-corrected chi connectivity index (χ4v) is 1.94. The van der Waals surface area contributed by atoms with Gasteiger partial charge in [0.25, 0.3) is 0 Å². The molecule has 0 radical (unpaired) electrons. The largest absolute Gasteiger partial charge is 0.479 e. The second-order valence-corrected chi connectivity index (χ2v) is 4.46. The van der Waals surface area contributed by atoms with Crippen LogP contribution < -0.4 is 10.6 Å². The Hall–Kier alpha value is -2.08. The molecule has 1 heterocycles. The quantitative estimate of drug-likeness (QED) is 0.719. The van der Waals surface area contributed by atoms with E-state index in [1.54, 1.807) is 0 Å². The van der Waals surface area contributed by atoms with E-state index in [4.69, 9.17) is 4.74 Å². The molecule has 1 amide bonds. The number of carboxylic acids is 1. The maximum atomic E-state index is 11.8. The van der Waals surface area contributed by atoms with Crippen LogP contribution in [0.1, 0.15) is 6.42 Å². The molecule has 0 bridgehead atoms. The van der Waals surface area contributed by atoms with Crippen LogP contribution in [-0.2, 0) is 14.3 Å². The Kier molecular flexibility index (Phi) is 4.01. The van der Waals surface area contributed by atoms with Crippen LogP contribution in [0.15, 0.2) is 30.3 Å². The molecule has 1 aliphatic heterocycles. The molecule has 1 saturated heterocycles. The van der Waals surface area contributed by atoms with Crippen LogP contribution in [0.4, 0.5) is 5.69 Å². The lowest BCUT2D eigenvalue weighted by molar-refractivity contribution is -0.147. The number of ether oxygens (including phenoxy) is 1. The van der Waals surface area contributed by atoms with Crippen molar-refractivity contribution in [3.63, 3.8) is 0 Å². The van der Waals surface area contributed by atoms with E-state index in [0.717, 1.165) is 5.69 Å². The number of hydrogen-bond acceptors (Lipinski definition) is 4. The van der Waals surface area contributed by atoms with E-state index in [1.165, 1.54) is 0 Å². The summed E-state index contributed by atoms with van der Waals surface area (Å²) in [5.41, 5.74) is -0.472. The van der Waals surface area contributed by atoms with E-state index in [-0.39, 0.29) is 19.1 Å². The second-order valence-electron chi connectivity index (χ2n) is 4.46. The number of carboxylic acid groups (broad SMARTS) is 1. The molecule has 0 saturated carbocycles. The van der Waals surface area contributed by atoms with Gasteiger partial charge in [0, 0.05) is 18.7 Å². The average Bonchev–Trinajstić information content (AvgIpc) is 2.87. The summed E-state index contributed by atoms with van der Waals surface area (Å²) in [6, 6.07) is 9.24. The topological polar surface area (TPSA) is 87.7 Å². The molecule has 102 valence electrons. The van der Waals surface area contributed by atoms with Crippen LogP contribution in [0, 0.1) is 0 Å². The molecule has 1 aromatic rings. The normalized spacial score (nSPS) is 21.9. The first-order valence-corrected chi connectivity index (χ1v) is 6.03. The van der Waals surface area contributed by atoms with E-state index in [9.17, 15) is 14.7 Å². The number of benzene rings is 1. The molecule has 19 heavy (non-hydrogen) atoms. The summed E-state index contributed by atoms with van der Waals surface area (Å²) in [6.07, 6.45) is 0.291. The van der Waals surface area contributed by atoms with Crippen molar-refractivity contribution < 1.29 is 19.4 Å². The van der Waals surface area contributed by atoms with Crippen LogP contribution in [0.3, 0.4) is 0 Å². The van der Waals surface area contributed by atoms with Gasteiger partial charge in [-0.1, -0.05) is 18.2 Å². The lowest BCUT2D eigenvalue weighted by atomic mass is 9.99. The number of amides is 1. The third-order valence-electron chi connectivity index (χ3n) is 3.04. The summed E-state index contributed by atoms with van der Waals surface area (Å²) in [7, 11) is 0. The minimum atomic E-state index is -1.28. The highest BCUT2D eigenvalue weighted by atomic mass is 16.5. The molecule has 6 heteroatoms. The zero-order chi connectivity index (χ0) is 13.7. The highest BCUT2D eigenvalue weighted by molar-refractivity contribution is 5.89. The molecular formula is C13H16N2O4. The van der Waals surface area contributed by atoms with Gasteiger partial charge >= 0.3 is 5.97 Å². The number of anilines is 1. The van der Waals surface area contributed by atoms with Crippen LogP contribution >= 0.6 is 0 Å². The Labute approximate surface area is 110 Å². The summed E-state index contributed by atoms with van der Waals surface area (Å²) >= 11 is 0. The van der Waals surface area contributed by atoms with E-state index in [1.807, 2.05) is 30.3 Å². The fourth-order valence-electron chi connectivity index (χ4n) is 1.94. The van der Waals surface area contributed by atoms with E-state index in [2.05, 4.69) is 10.6 Å². The van der Waals surface area contributed by atoms with Gasteiger partial charge in [-0.25, -0.2) is 4.79 Å². The van der Waals surface area contributed by atoms with Gasteiger partial charge in [0.2, 0.25) is 5.91 Å². The minimum Gasteiger partial charge on any atom is -0.479 e. The molecule has 6 nitrogen and oxygen atoms in total. The van der Waals surface area contributed by atoms with Gasteiger partial charge in [-0.3, -0.25) is 4.79 Å². The second kappa shape index (κ2) is 5.71. The first-order chi connectivity index (χ1) is 9.12. The van der Waals surface area contributed by atoms with Gasteiger partial charge in [0.1, 0.15) is 0 Å². The SMILES string of the molecule is O=C(CNc1ccccc1)NC1(C(=O)O)CCOC1. The van der Waals surface area contributed by atoms with Crippen molar-refractivity contribution >= 4 is 17.6 Å². The number of hydrogen-bond donors (Lipinski definition) is 3. The van der Waals surface area contributed by atoms with Crippen LogP contribution in [0.25, 0.3) is 0 Å². The standard InChI is InChI=1S/C13H16N2O4/c16-11(8-14-10-4-2-1-3-5-10)15-13(12(17)18)6-7-19-9-13/h1-5,14H,6-9H2,(H,15,16)(H,17,18). The first-order valence-electron chi connectivity index (χ1n) is 6.03. The van der Waals surface area contributed by atoms with Crippen LogP contribution in [0.5, 0.6) is 0 Å². The zero-order valence-corrected chi connectivity index (χ0v) is 10.4. The minimum absolute atomic E-state index is 0.0133. The average molecular weight is 264 g/mol. The van der Waals surface area contributed by atoms with Gasteiger partial charge in [-0.2, -0.15) is 0 Å². The third-order valence-corrected chi connectivity index (χ3v) is 3.04. The van der Waals surface area contributed by atoms with Gasteiger partial charge in [0.05, 0.1) is 13.2 Å². The maximum absolute atomic E-state index is 11.8. The Morgan fingerprint density at radius 3 is 2.63 bits per heavy atom. The smallest absolute Gasteiger partial charge is 0.331 e. The van der Waals surface area contributed by atoms with Crippen molar-refractivity contribution in [2.75, 3.05) is 25.1 Å². The number of para-hydroxylation sites is 1. The van der Waals surface area contributed by atoms with Crippen LogP contribution in [0.2, 0.25) is 0 Å². The number of rotatable bonds is 5. The third kappa shape index (κ3) is 3.23. The van der Waals surface area contributed by atoms with Crippen LogP contribution in [-0.4, -0.2) is 42.3 Å². The van der Waals surface area contributed by atoms with E-state index >= 15 is 0 Å². The number of aliphatic carboxylic acids is 1. The van der Waals surface area contributed by atoms with Gasteiger partial charge in [-0.15, -0.1) is 0 Å².